The van der Waals surface area contributed by atoms with Crippen molar-refractivity contribution in [1.29, 1.82) is 0 Å². The third-order valence-electron chi connectivity index (χ3n) is 2.11. The van der Waals surface area contributed by atoms with Gasteiger partial charge in [0.05, 0.1) is 0 Å². The molecule has 0 saturated carbocycles. The van der Waals surface area contributed by atoms with E-state index in [-0.39, 0.29) is 11.7 Å². The summed E-state index contributed by atoms with van der Waals surface area (Å²) in [5.74, 6) is 0. The summed E-state index contributed by atoms with van der Waals surface area (Å²) >= 11 is 0. The van der Waals surface area contributed by atoms with Crippen molar-refractivity contribution in [2.45, 2.75) is 32.4 Å². The molecule has 0 aliphatic carbocycles. The molecule has 0 spiro atoms. The lowest BCUT2D eigenvalue weighted by Crippen LogP contribution is -2.32. The van der Waals surface area contributed by atoms with Crippen molar-refractivity contribution in [3.05, 3.63) is 22.9 Å². The van der Waals surface area contributed by atoms with Gasteiger partial charge in [0.15, 0.2) is 0 Å². The lowest BCUT2D eigenvalue weighted by molar-refractivity contribution is 0.501. The average molecular weight is 183 g/mol. The topological polar surface area (TPSA) is 52.9 Å². The minimum atomic E-state index is 0.00607. The van der Waals surface area contributed by atoms with Crippen LogP contribution in [0.2, 0.25) is 0 Å². The van der Waals surface area contributed by atoms with Gasteiger partial charge in [0.1, 0.15) is 0 Å². The fourth-order valence-corrected chi connectivity index (χ4v) is 1.36. The average Bonchev–Trinajstić information content (AvgIpc) is 2.37. The Bertz CT molecular complexity index is 313. The summed E-state index contributed by atoms with van der Waals surface area (Å²) in [7, 11) is 1.74. The van der Waals surface area contributed by atoms with Crippen molar-refractivity contribution in [1.82, 2.24) is 9.13 Å². The number of hydrogen-bond donors (Lipinski definition) is 1. The van der Waals surface area contributed by atoms with E-state index >= 15 is 0 Å². The van der Waals surface area contributed by atoms with Crippen molar-refractivity contribution in [3.8, 4) is 0 Å². The maximum absolute atomic E-state index is 11.4. The molecule has 74 valence electrons. The number of rotatable bonds is 4. The number of aromatic nitrogens is 2. The lowest BCUT2D eigenvalue weighted by atomic mass is 10.2. The predicted octanol–water partition coefficient (Wildman–Crippen LogP) is 0.314. The van der Waals surface area contributed by atoms with E-state index in [1.807, 2.05) is 0 Å². The van der Waals surface area contributed by atoms with Gasteiger partial charge in [-0.15, -0.1) is 0 Å². The van der Waals surface area contributed by atoms with Crippen LogP contribution < -0.4 is 11.4 Å². The molecule has 1 aromatic rings. The van der Waals surface area contributed by atoms with Crippen LogP contribution in [0.25, 0.3) is 0 Å². The maximum atomic E-state index is 11.4. The zero-order valence-corrected chi connectivity index (χ0v) is 8.23. The number of aryl methyl sites for hydroxylation is 1. The van der Waals surface area contributed by atoms with Gasteiger partial charge >= 0.3 is 5.69 Å². The van der Waals surface area contributed by atoms with Gasteiger partial charge in [-0.2, -0.15) is 0 Å². The second kappa shape index (κ2) is 4.28. The van der Waals surface area contributed by atoms with E-state index in [0.29, 0.717) is 6.54 Å². The van der Waals surface area contributed by atoms with Gasteiger partial charge < -0.3 is 10.3 Å². The zero-order valence-electron chi connectivity index (χ0n) is 8.23. The van der Waals surface area contributed by atoms with Crippen LogP contribution in [0, 0.1) is 0 Å². The van der Waals surface area contributed by atoms with E-state index in [9.17, 15) is 4.79 Å². The van der Waals surface area contributed by atoms with Gasteiger partial charge in [-0.1, -0.05) is 13.3 Å². The molecule has 0 radical (unpaired) electrons. The minimum absolute atomic E-state index is 0.00607. The van der Waals surface area contributed by atoms with Crippen LogP contribution in [0.4, 0.5) is 0 Å². The molecule has 0 aliphatic rings. The molecule has 0 aliphatic heterocycles. The Labute approximate surface area is 78.0 Å². The molecular weight excluding hydrogens is 166 g/mol. The Morgan fingerprint density at radius 1 is 1.54 bits per heavy atom. The van der Waals surface area contributed by atoms with Crippen LogP contribution in [0.1, 0.15) is 19.8 Å². The molecule has 0 fully saturated rings. The van der Waals surface area contributed by atoms with E-state index in [2.05, 4.69) is 6.92 Å². The molecule has 4 nitrogen and oxygen atoms in total. The number of nitrogens with zero attached hydrogens (tertiary/aromatic N) is 2. The van der Waals surface area contributed by atoms with E-state index in [1.54, 1.807) is 28.6 Å². The molecule has 0 amide bonds. The SMILES string of the molecule is CCCC(N)Cn1ccn(C)c1=O. The van der Waals surface area contributed by atoms with Gasteiger partial charge in [0.2, 0.25) is 0 Å². The Kier molecular flexibility index (Phi) is 3.31. The minimum Gasteiger partial charge on any atom is -0.326 e. The molecule has 0 aromatic carbocycles. The second-order valence-corrected chi connectivity index (χ2v) is 3.39. The molecular formula is C9H17N3O. The summed E-state index contributed by atoms with van der Waals surface area (Å²) in [4.78, 5) is 11.4. The first-order valence-corrected chi connectivity index (χ1v) is 4.62. The molecule has 4 heteroatoms. The van der Waals surface area contributed by atoms with E-state index < -0.39 is 0 Å². The summed E-state index contributed by atoms with van der Waals surface area (Å²) in [6.07, 6.45) is 5.54. The summed E-state index contributed by atoms with van der Waals surface area (Å²) in [5, 5.41) is 0. The molecule has 1 rings (SSSR count). The summed E-state index contributed by atoms with van der Waals surface area (Å²) in [6, 6.07) is 0.0881. The van der Waals surface area contributed by atoms with Crippen molar-refractivity contribution in [3.63, 3.8) is 0 Å². The van der Waals surface area contributed by atoms with Gasteiger partial charge in [-0.3, -0.25) is 4.57 Å². The van der Waals surface area contributed by atoms with Gasteiger partial charge in [0, 0.05) is 32.0 Å². The fourth-order valence-electron chi connectivity index (χ4n) is 1.36. The molecule has 1 heterocycles. The predicted molar refractivity (Wildman–Crippen MR) is 52.6 cm³/mol. The largest absolute Gasteiger partial charge is 0.327 e. The Hall–Kier alpha value is -1.03. The highest BCUT2D eigenvalue weighted by molar-refractivity contribution is 4.81. The van der Waals surface area contributed by atoms with Crippen molar-refractivity contribution in [2.75, 3.05) is 0 Å². The highest BCUT2D eigenvalue weighted by Crippen LogP contribution is 1.95. The first-order valence-electron chi connectivity index (χ1n) is 4.62. The molecule has 2 N–H and O–H groups in total. The van der Waals surface area contributed by atoms with Crippen LogP contribution >= 0.6 is 0 Å². The number of hydrogen-bond acceptors (Lipinski definition) is 2. The van der Waals surface area contributed by atoms with Gasteiger partial charge in [-0.25, -0.2) is 4.79 Å². The molecule has 0 bridgehead atoms. The third kappa shape index (κ3) is 2.45. The quantitative estimate of drug-likeness (QED) is 0.730. The van der Waals surface area contributed by atoms with Gasteiger partial charge in [-0.05, 0) is 6.42 Å². The number of imidazole rings is 1. The summed E-state index contributed by atoms with van der Waals surface area (Å²) in [6.45, 7) is 2.71. The molecule has 1 unspecified atom stereocenters. The van der Waals surface area contributed by atoms with E-state index in [0.717, 1.165) is 12.8 Å². The smallest absolute Gasteiger partial charge is 0.326 e. The second-order valence-electron chi connectivity index (χ2n) is 3.39. The van der Waals surface area contributed by atoms with Gasteiger partial charge in [0.25, 0.3) is 0 Å². The molecule has 1 aromatic heterocycles. The van der Waals surface area contributed by atoms with E-state index in [4.69, 9.17) is 5.73 Å². The lowest BCUT2D eigenvalue weighted by Gasteiger charge is -2.09. The first kappa shape index (κ1) is 10.1. The summed E-state index contributed by atoms with van der Waals surface area (Å²) in [5.41, 5.74) is 5.83. The molecule has 0 saturated heterocycles. The highest BCUT2D eigenvalue weighted by atomic mass is 16.1. The normalized spacial score (nSPS) is 13.2. The van der Waals surface area contributed by atoms with E-state index in [1.165, 1.54) is 0 Å². The molecule has 13 heavy (non-hydrogen) atoms. The molecule has 1 atom stereocenters. The summed E-state index contributed by atoms with van der Waals surface area (Å²) < 4.78 is 3.21. The van der Waals surface area contributed by atoms with Crippen molar-refractivity contribution < 1.29 is 0 Å². The fraction of sp³-hybridized carbons (Fsp3) is 0.667. The number of nitrogens with two attached hydrogens (primary N) is 1. The highest BCUT2D eigenvalue weighted by Gasteiger charge is 2.05. The Balaban J connectivity index is 2.64. The monoisotopic (exact) mass is 183 g/mol. The van der Waals surface area contributed by atoms with Crippen LogP contribution in [0.3, 0.4) is 0 Å². The Morgan fingerprint density at radius 3 is 2.69 bits per heavy atom. The first-order chi connectivity index (χ1) is 6.15. The van der Waals surface area contributed by atoms with Crippen LogP contribution in [0.5, 0.6) is 0 Å². The maximum Gasteiger partial charge on any atom is 0.327 e. The van der Waals surface area contributed by atoms with Crippen LogP contribution in [-0.2, 0) is 13.6 Å². The van der Waals surface area contributed by atoms with Crippen LogP contribution in [-0.4, -0.2) is 15.2 Å². The third-order valence-corrected chi connectivity index (χ3v) is 2.11. The van der Waals surface area contributed by atoms with Crippen molar-refractivity contribution >= 4 is 0 Å². The Morgan fingerprint density at radius 2 is 2.23 bits per heavy atom. The zero-order chi connectivity index (χ0) is 9.84. The standard InChI is InChI=1S/C9H17N3O/c1-3-4-8(10)7-12-6-5-11(2)9(12)13/h5-6,8H,3-4,7,10H2,1-2H3. The van der Waals surface area contributed by atoms with Crippen molar-refractivity contribution in [2.24, 2.45) is 12.8 Å². The van der Waals surface area contributed by atoms with Crippen LogP contribution in [0.15, 0.2) is 17.2 Å².